The summed E-state index contributed by atoms with van der Waals surface area (Å²) in [6.45, 7) is 4.11. The number of hydrogen-bond donors (Lipinski definition) is 2. The summed E-state index contributed by atoms with van der Waals surface area (Å²) in [5.74, 6) is -0.0502. The Kier molecular flexibility index (Phi) is 3.62. The molecular formula is C13H14N2O2S. The van der Waals surface area contributed by atoms with Gasteiger partial charge in [0.2, 0.25) is 0 Å². The summed E-state index contributed by atoms with van der Waals surface area (Å²) in [6, 6.07) is 4.93. The maximum Gasteiger partial charge on any atom is 0.251 e. The molecule has 1 heterocycles. The molecule has 0 aliphatic heterocycles. The van der Waals surface area contributed by atoms with Gasteiger partial charge in [0.1, 0.15) is 5.75 Å². The molecule has 2 aromatic rings. The van der Waals surface area contributed by atoms with Crippen LogP contribution in [0.4, 0.5) is 0 Å². The molecule has 2 rings (SSSR count). The Morgan fingerprint density at radius 1 is 1.44 bits per heavy atom. The Hall–Kier alpha value is -1.88. The van der Waals surface area contributed by atoms with Crippen molar-refractivity contribution in [3.63, 3.8) is 0 Å². The first-order chi connectivity index (χ1) is 8.58. The maximum atomic E-state index is 12.0. The molecule has 1 aromatic heterocycles. The Balaban J connectivity index is 2.06. The van der Waals surface area contributed by atoms with E-state index in [1.807, 2.05) is 6.92 Å². The number of carbonyl (C=O) groups excluding carboxylic acids is 1. The van der Waals surface area contributed by atoms with Crippen molar-refractivity contribution < 1.29 is 9.90 Å². The summed E-state index contributed by atoms with van der Waals surface area (Å²) < 4.78 is 0. The highest BCUT2D eigenvalue weighted by molar-refractivity contribution is 7.11. The van der Waals surface area contributed by atoms with Gasteiger partial charge in [0, 0.05) is 22.2 Å². The van der Waals surface area contributed by atoms with E-state index in [0.717, 1.165) is 9.88 Å². The highest BCUT2D eigenvalue weighted by atomic mass is 32.1. The fourth-order valence-corrected chi connectivity index (χ4v) is 2.35. The molecule has 0 unspecified atom stereocenters. The van der Waals surface area contributed by atoms with E-state index in [1.165, 1.54) is 0 Å². The smallest absolute Gasteiger partial charge is 0.251 e. The molecule has 0 saturated heterocycles. The summed E-state index contributed by atoms with van der Waals surface area (Å²) >= 11 is 1.56. The third kappa shape index (κ3) is 2.68. The number of amides is 1. The number of carbonyl (C=O) groups is 1. The Morgan fingerprint density at radius 3 is 2.89 bits per heavy atom. The minimum atomic E-state index is -0.186. The molecule has 1 amide bonds. The number of nitrogens with one attached hydrogen (secondary N) is 1. The summed E-state index contributed by atoms with van der Waals surface area (Å²) in [5.41, 5.74) is 1.09. The Morgan fingerprint density at radius 2 is 2.22 bits per heavy atom. The summed E-state index contributed by atoms with van der Waals surface area (Å²) in [7, 11) is 0. The van der Waals surface area contributed by atoms with Crippen LogP contribution in [0.25, 0.3) is 0 Å². The average molecular weight is 262 g/mol. The van der Waals surface area contributed by atoms with Gasteiger partial charge >= 0.3 is 0 Å². The molecule has 1 aromatic carbocycles. The quantitative estimate of drug-likeness (QED) is 0.892. The van der Waals surface area contributed by atoms with Crippen LogP contribution in [0.3, 0.4) is 0 Å². The lowest BCUT2D eigenvalue weighted by Gasteiger charge is -2.07. The van der Waals surface area contributed by atoms with Gasteiger partial charge in [-0.15, -0.1) is 11.3 Å². The lowest BCUT2D eigenvalue weighted by Crippen LogP contribution is -2.23. The standard InChI is InChI=1S/C13H14N2O2S/c1-8-11(4-3-5-12(8)16)13(17)15-7-10-6-14-9(2)18-10/h3-6,16H,7H2,1-2H3,(H,15,17). The second-order valence-corrected chi connectivity index (χ2v) is 5.30. The largest absolute Gasteiger partial charge is 0.508 e. The van der Waals surface area contributed by atoms with Crippen molar-refractivity contribution in [2.75, 3.05) is 0 Å². The molecule has 18 heavy (non-hydrogen) atoms. The number of phenolic OH excluding ortho intramolecular Hbond substituents is 1. The average Bonchev–Trinajstić information content (AvgIpc) is 2.76. The van der Waals surface area contributed by atoms with Crippen LogP contribution in [-0.4, -0.2) is 16.0 Å². The van der Waals surface area contributed by atoms with Crippen molar-refractivity contribution in [2.45, 2.75) is 20.4 Å². The second-order valence-electron chi connectivity index (χ2n) is 3.98. The van der Waals surface area contributed by atoms with Crippen LogP contribution in [0.1, 0.15) is 25.8 Å². The van der Waals surface area contributed by atoms with Crippen molar-refractivity contribution in [1.29, 1.82) is 0 Å². The first-order valence-corrected chi connectivity index (χ1v) is 6.37. The lowest BCUT2D eigenvalue weighted by atomic mass is 10.1. The predicted octanol–water partition coefficient (Wildman–Crippen LogP) is 2.40. The lowest BCUT2D eigenvalue weighted by molar-refractivity contribution is 0.0950. The van der Waals surface area contributed by atoms with Crippen molar-refractivity contribution >= 4 is 17.2 Å². The number of hydrogen-bond acceptors (Lipinski definition) is 4. The van der Waals surface area contributed by atoms with Crippen LogP contribution >= 0.6 is 11.3 Å². The molecule has 2 N–H and O–H groups in total. The molecule has 0 radical (unpaired) electrons. The minimum Gasteiger partial charge on any atom is -0.508 e. The fourth-order valence-electron chi connectivity index (χ4n) is 1.62. The molecule has 0 saturated carbocycles. The van der Waals surface area contributed by atoms with Crippen LogP contribution < -0.4 is 5.32 Å². The maximum absolute atomic E-state index is 12.0. The number of phenols is 1. The van der Waals surface area contributed by atoms with Crippen LogP contribution in [0.5, 0.6) is 5.75 Å². The number of rotatable bonds is 3. The first-order valence-electron chi connectivity index (χ1n) is 5.56. The SMILES string of the molecule is Cc1ncc(CNC(=O)c2cccc(O)c2C)s1. The zero-order valence-corrected chi connectivity index (χ0v) is 11.0. The first kappa shape index (κ1) is 12.6. The molecule has 5 heteroatoms. The molecule has 0 fully saturated rings. The zero-order chi connectivity index (χ0) is 13.1. The van der Waals surface area contributed by atoms with Crippen molar-refractivity contribution in [1.82, 2.24) is 10.3 Å². The van der Waals surface area contributed by atoms with Crippen molar-refractivity contribution in [3.8, 4) is 5.75 Å². The van der Waals surface area contributed by atoms with Gasteiger partial charge in [-0.3, -0.25) is 4.79 Å². The third-order valence-corrected chi connectivity index (χ3v) is 3.55. The van der Waals surface area contributed by atoms with E-state index < -0.39 is 0 Å². The molecule has 0 aliphatic carbocycles. The Bertz CT molecular complexity index is 578. The van der Waals surface area contributed by atoms with E-state index in [-0.39, 0.29) is 11.7 Å². The highest BCUT2D eigenvalue weighted by Gasteiger charge is 2.11. The zero-order valence-electron chi connectivity index (χ0n) is 10.2. The Labute approximate surface area is 109 Å². The minimum absolute atomic E-state index is 0.135. The van der Waals surface area contributed by atoms with Gasteiger partial charge in [-0.2, -0.15) is 0 Å². The topological polar surface area (TPSA) is 62.2 Å². The van der Waals surface area contributed by atoms with Gasteiger partial charge < -0.3 is 10.4 Å². The van der Waals surface area contributed by atoms with E-state index in [9.17, 15) is 9.90 Å². The summed E-state index contributed by atoms with van der Waals surface area (Å²) in [4.78, 5) is 17.1. The van der Waals surface area contributed by atoms with E-state index >= 15 is 0 Å². The predicted molar refractivity (Wildman–Crippen MR) is 70.9 cm³/mol. The van der Waals surface area contributed by atoms with Crippen molar-refractivity contribution in [2.24, 2.45) is 0 Å². The number of aryl methyl sites for hydroxylation is 1. The monoisotopic (exact) mass is 262 g/mol. The molecule has 0 bridgehead atoms. The van der Waals surface area contributed by atoms with Crippen molar-refractivity contribution in [3.05, 3.63) is 45.4 Å². The van der Waals surface area contributed by atoms with Gasteiger partial charge in [-0.1, -0.05) is 6.07 Å². The van der Waals surface area contributed by atoms with Crippen LogP contribution in [0.2, 0.25) is 0 Å². The highest BCUT2D eigenvalue weighted by Crippen LogP contribution is 2.19. The summed E-state index contributed by atoms with van der Waals surface area (Å²) in [5, 5.41) is 13.3. The van der Waals surface area contributed by atoms with E-state index in [2.05, 4.69) is 10.3 Å². The number of aromatic hydroxyl groups is 1. The van der Waals surface area contributed by atoms with Gasteiger partial charge in [-0.05, 0) is 26.0 Å². The van der Waals surface area contributed by atoms with Gasteiger partial charge in [0.25, 0.3) is 5.91 Å². The van der Waals surface area contributed by atoms with Crippen LogP contribution in [0.15, 0.2) is 24.4 Å². The molecular weight excluding hydrogens is 248 g/mol. The molecule has 4 nitrogen and oxygen atoms in total. The van der Waals surface area contributed by atoms with Crippen LogP contribution in [0, 0.1) is 13.8 Å². The molecule has 94 valence electrons. The second kappa shape index (κ2) is 5.18. The number of nitrogens with zero attached hydrogens (tertiary/aromatic N) is 1. The van der Waals surface area contributed by atoms with Gasteiger partial charge in [0.15, 0.2) is 0 Å². The molecule has 0 spiro atoms. The number of benzene rings is 1. The van der Waals surface area contributed by atoms with Crippen LogP contribution in [-0.2, 0) is 6.54 Å². The number of thiazole rings is 1. The van der Waals surface area contributed by atoms with E-state index in [0.29, 0.717) is 17.7 Å². The summed E-state index contributed by atoms with van der Waals surface area (Å²) in [6.07, 6.45) is 1.76. The van der Waals surface area contributed by atoms with E-state index in [1.54, 1.807) is 42.7 Å². The third-order valence-electron chi connectivity index (χ3n) is 2.64. The van der Waals surface area contributed by atoms with E-state index in [4.69, 9.17) is 0 Å². The fraction of sp³-hybridized carbons (Fsp3) is 0.231. The number of aromatic nitrogens is 1. The van der Waals surface area contributed by atoms with Gasteiger partial charge in [-0.25, -0.2) is 4.98 Å². The van der Waals surface area contributed by atoms with Gasteiger partial charge in [0.05, 0.1) is 11.6 Å². The molecule has 0 aliphatic rings. The molecule has 0 atom stereocenters. The normalized spacial score (nSPS) is 10.3.